The standard InChI is InChI=1S/C32H28F3N3O3/c33-32(34,35)21-37-30(40)31(26-14-6-4-12-24(26)25-13-5-7-15-27(25)31)18-8-9-19-41-28-17-16-23(20-36-28)38-29(39)22-10-2-1-3-11-22/h1-7,10-17,20H,8-9,18-19,21H2,(H,37,40)(H,38,39). The van der Waals surface area contributed by atoms with Gasteiger partial charge in [-0.1, -0.05) is 66.7 Å². The molecule has 0 bridgehead atoms. The molecular formula is C32H28F3N3O3. The third-order valence-corrected chi connectivity index (χ3v) is 7.13. The van der Waals surface area contributed by atoms with Crippen LogP contribution in [0.3, 0.4) is 0 Å². The van der Waals surface area contributed by atoms with Gasteiger partial charge in [0.15, 0.2) is 0 Å². The Morgan fingerprint density at radius 1 is 0.805 bits per heavy atom. The Balaban J connectivity index is 1.23. The number of hydrogen-bond donors (Lipinski definition) is 2. The van der Waals surface area contributed by atoms with Gasteiger partial charge in [-0.25, -0.2) is 4.98 Å². The fourth-order valence-corrected chi connectivity index (χ4v) is 5.29. The molecule has 1 heterocycles. The fourth-order valence-electron chi connectivity index (χ4n) is 5.29. The van der Waals surface area contributed by atoms with E-state index in [1.807, 2.05) is 42.5 Å². The quantitative estimate of drug-likeness (QED) is 0.217. The van der Waals surface area contributed by atoms with Crippen LogP contribution in [0.4, 0.5) is 18.9 Å². The molecule has 1 aromatic heterocycles. The van der Waals surface area contributed by atoms with Gasteiger partial charge in [0.2, 0.25) is 11.8 Å². The first-order chi connectivity index (χ1) is 19.8. The average Bonchev–Trinajstić information content (AvgIpc) is 3.27. The molecule has 1 aliphatic carbocycles. The maximum atomic E-state index is 13.5. The van der Waals surface area contributed by atoms with Gasteiger partial charge in [-0.2, -0.15) is 13.2 Å². The summed E-state index contributed by atoms with van der Waals surface area (Å²) >= 11 is 0. The van der Waals surface area contributed by atoms with Crippen molar-refractivity contribution in [2.45, 2.75) is 30.9 Å². The van der Waals surface area contributed by atoms with E-state index in [2.05, 4.69) is 15.6 Å². The highest BCUT2D eigenvalue weighted by Gasteiger charge is 2.49. The number of rotatable bonds is 10. The number of carbonyl (C=O) groups excluding carboxylic acids is 2. The van der Waals surface area contributed by atoms with Crippen LogP contribution in [0.5, 0.6) is 5.88 Å². The van der Waals surface area contributed by atoms with Crippen LogP contribution in [0.1, 0.15) is 40.7 Å². The topological polar surface area (TPSA) is 80.3 Å². The predicted octanol–water partition coefficient (Wildman–Crippen LogP) is 6.53. The number of halogens is 3. The SMILES string of the molecule is O=C(Nc1ccc(OCCCCC2(C(=O)NCC(F)(F)F)c3ccccc3-c3ccccc32)nc1)c1ccccc1. The van der Waals surface area contributed by atoms with Crippen molar-refractivity contribution in [2.24, 2.45) is 0 Å². The second kappa shape index (κ2) is 11.8. The van der Waals surface area contributed by atoms with E-state index in [9.17, 15) is 22.8 Å². The van der Waals surface area contributed by atoms with Crippen LogP contribution in [0.2, 0.25) is 0 Å². The van der Waals surface area contributed by atoms with Crippen LogP contribution in [-0.2, 0) is 10.2 Å². The molecule has 9 heteroatoms. The first-order valence-electron chi connectivity index (χ1n) is 13.3. The number of alkyl halides is 3. The normalized spacial score (nSPS) is 13.1. The van der Waals surface area contributed by atoms with Crippen molar-refractivity contribution in [1.82, 2.24) is 10.3 Å². The van der Waals surface area contributed by atoms with Gasteiger partial charge in [0.05, 0.1) is 18.5 Å². The number of carbonyl (C=O) groups is 2. The lowest BCUT2D eigenvalue weighted by Crippen LogP contribution is -2.47. The summed E-state index contributed by atoms with van der Waals surface area (Å²) in [6.45, 7) is -1.10. The Bertz CT molecular complexity index is 1480. The number of ether oxygens (including phenoxy) is 1. The van der Waals surface area contributed by atoms with Crippen molar-refractivity contribution >= 4 is 17.5 Å². The summed E-state index contributed by atoms with van der Waals surface area (Å²) in [5.41, 5.74) is 2.93. The minimum atomic E-state index is -4.52. The Hall–Kier alpha value is -4.66. The van der Waals surface area contributed by atoms with Crippen LogP contribution in [0.25, 0.3) is 11.1 Å². The molecule has 0 fully saturated rings. The second-order valence-electron chi connectivity index (χ2n) is 9.81. The van der Waals surface area contributed by atoms with Crippen molar-refractivity contribution in [3.63, 3.8) is 0 Å². The van der Waals surface area contributed by atoms with Crippen molar-refractivity contribution in [3.8, 4) is 17.0 Å². The number of fused-ring (bicyclic) bond motifs is 3. The molecule has 2 N–H and O–H groups in total. The first kappa shape index (κ1) is 27.9. The fraction of sp³-hybridized carbons (Fsp3) is 0.219. The third kappa shape index (κ3) is 6.09. The van der Waals surface area contributed by atoms with Gasteiger partial charge in [0, 0.05) is 11.6 Å². The molecule has 4 aromatic rings. The van der Waals surface area contributed by atoms with E-state index in [4.69, 9.17) is 4.74 Å². The first-order valence-corrected chi connectivity index (χ1v) is 13.3. The molecule has 3 aromatic carbocycles. The minimum absolute atomic E-state index is 0.246. The van der Waals surface area contributed by atoms with E-state index in [1.54, 1.807) is 48.5 Å². The molecule has 210 valence electrons. The van der Waals surface area contributed by atoms with Crippen LogP contribution in [0, 0.1) is 0 Å². The molecule has 0 aliphatic heterocycles. The molecule has 5 rings (SSSR count). The number of nitrogens with one attached hydrogen (secondary N) is 2. The van der Waals surface area contributed by atoms with Gasteiger partial charge in [-0.05, 0) is 59.7 Å². The number of benzene rings is 3. The smallest absolute Gasteiger partial charge is 0.405 e. The van der Waals surface area contributed by atoms with E-state index in [-0.39, 0.29) is 5.91 Å². The van der Waals surface area contributed by atoms with Gasteiger partial charge in [-0.15, -0.1) is 0 Å². The van der Waals surface area contributed by atoms with Crippen molar-refractivity contribution in [1.29, 1.82) is 0 Å². The lowest BCUT2D eigenvalue weighted by atomic mass is 9.73. The molecule has 0 unspecified atom stereocenters. The Kier molecular flexibility index (Phi) is 8.05. The van der Waals surface area contributed by atoms with Gasteiger partial charge < -0.3 is 15.4 Å². The van der Waals surface area contributed by atoms with Crippen LogP contribution in [0.15, 0.2) is 97.2 Å². The molecule has 0 radical (unpaired) electrons. The molecule has 41 heavy (non-hydrogen) atoms. The highest BCUT2D eigenvalue weighted by atomic mass is 19.4. The summed E-state index contributed by atoms with van der Waals surface area (Å²) < 4.78 is 44.9. The number of anilines is 1. The number of amides is 2. The number of nitrogens with zero attached hydrogens (tertiary/aromatic N) is 1. The largest absolute Gasteiger partial charge is 0.478 e. The van der Waals surface area contributed by atoms with E-state index < -0.39 is 24.0 Å². The minimum Gasteiger partial charge on any atom is -0.478 e. The summed E-state index contributed by atoms with van der Waals surface area (Å²) in [7, 11) is 0. The summed E-state index contributed by atoms with van der Waals surface area (Å²) in [5, 5.41) is 4.93. The van der Waals surface area contributed by atoms with Crippen LogP contribution >= 0.6 is 0 Å². The number of hydrogen-bond acceptors (Lipinski definition) is 4. The summed E-state index contributed by atoms with van der Waals surface area (Å²) in [6, 6.07) is 26.9. The average molecular weight is 560 g/mol. The van der Waals surface area contributed by atoms with Gasteiger partial charge in [0.25, 0.3) is 5.91 Å². The molecule has 6 nitrogen and oxygen atoms in total. The number of aromatic nitrogens is 1. The molecule has 0 saturated heterocycles. The van der Waals surface area contributed by atoms with Gasteiger partial charge >= 0.3 is 6.18 Å². The number of unbranched alkanes of at least 4 members (excludes halogenated alkanes) is 1. The molecular weight excluding hydrogens is 531 g/mol. The van der Waals surface area contributed by atoms with E-state index in [1.165, 1.54) is 6.20 Å². The lowest BCUT2D eigenvalue weighted by Gasteiger charge is -2.31. The van der Waals surface area contributed by atoms with Gasteiger partial charge in [-0.3, -0.25) is 9.59 Å². The van der Waals surface area contributed by atoms with E-state index in [0.29, 0.717) is 54.1 Å². The van der Waals surface area contributed by atoms with Crippen LogP contribution < -0.4 is 15.4 Å². The van der Waals surface area contributed by atoms with Gasteiger partial charge in [0.1, 0.15) is 12.0 Å². The van der Waals surface area contributed by atoms with Crippen molar-refractivity contribution in [2.75, 3.05) is 18.5 Å². The van der Waals surface area contributed by atoms with Crippen molar-refractivity contribution < 1.29 is 27.5 Å². The molecule has 2 amide bonds. The predicted molar refractivity (Wildman–Crippen MR) is 150 cm³/mol. The summed E-state index contributed by atoms with van der Waals surface area (Å²) in [5.74, 6) is -0.538. The number of pyridine rings is 1. The zero-order valence-electron chi connectivity index (χ0n) is 22.1. The third-order valence-electron chi connectivity index (χ3n) is 7.13. The van der Waals surface area contributed by atoms with E-state index in [0.717, 1.165) is 11.1 Å². The Labute approximate surface area is 235 Å². The molecule has 0 spiro atoms. The Morgan fingerprint density at radius 3 is 2.05 bits per heavy atom. The van der Waals surface area contributed by atoms with Crippen molar-refractivity contribution in [3.05, 3.63) is 114 Å². The van der Waals surface area contributed by atoms with E-state index >= 15 is 0 Å². The lowest BCUT2D eigenvalue weighted by molar-refractivity contribution is -0.141. The van der Waals surface area contributed by atoms with Crippen LogP contribution in [-0.4, -0.2) is 36.1 Å². The molecule has 0 saturated carbocycles. The maximum Gasteiger partial charge on any atom is 0.405 e. The Morgan fingerprint density at radius 2 is 1.44 bits per heavy atom. The monoisotopic (exact) mass is 559 g/mol. The molecule has 1 aliphatic rings. The highest BCUT2D eigenvalue weighted by Crippen LogP contribution is 2.51. The zero-order valence-corrected chi connectivity index (χ0v) is 22.1. The maximum absolute atomic E-state index is 13.5. The highest BCUT2D eigenvalue weighted by molar-refractivity contribution is 6.04. The second-order valence-corrected chi connectivity index (χ2v) is 9.81. The summed E-state index contributed by atoms with van der Waals surface area (Å²) in [4.78, 5) is 30.1. The summed E-state index contributed by atoms with van der Waals surface area (Å²) in [6.07, 6.45) is -1.64. The zero-order chi connectivity index (χ0) is 28.9. The molecule has 0 atom stereocenters.